The maximum Gasteiger partial charge on any atom is 0.283 e. The van der Waals surface area contributed by atoms with Gasteiger partial charge in [-0.2, -0.15) is 0 Å². The van der Waals surface area contributed by atoms with E-state index in [0.717, 1.165) is 12.1 Å². The molecule has 0 heterocycles. The molecule has 0 saturated heterocycles. The summed E-state index contributed by atoms with van der Waals surface area (Å²) in [5.41, 5.74) is -0.600. The van der Waals surface area contributed by atoms with Crippen LogP contribution in [0.15, 0.2) is 24.3 Å². The molecule has 0 amide bonds. The first-order valence-corrected chi connectivity index (χ1v) is 5.09. The molecule has 1 rings (SSSR count). The molecule has 0 aliphatic rings. The lowest BCUT2D eigenvalue weighted by atomic mass is 10.1. The molecule has 7 heteroatoms. The summed E-state index contributed by atoms with van der Waals surface area (Å²) >= 11 is 0. The molecule has 0 aliphatic carbocycles. The number of ketones is 1. The molecule has 0 aliphatic heterocycles. The van der Waals surface area contributed by atoms with E-state index in [1.54, 1.807) is 6.92 Å². The van der Waals surface area contributed by atoms with E-state index in [1.807, 2.05) is 0 Å². The average Bonchev–Trinajstić information content (AvgIpc) is 2.35. The molecule has 0 N–H and O–H groups in total. The Bertz CT molecular complexity index is 536. The number of nitrogens with zero attached hydrogens (tertiary/aromatic N) is 2. The fourth-order valence-electron chi connectivity index (χ4n) is 1.25. The number of benzene rings is 1. The molecule has 7 nitrogen and oxygen atoms in total. The third-order valence-corrected chi connectivity index (χ3v) is 2.22. The molecule has 0 saturated carbocycles. The first kappa shape index (κ1) is 13.5. The van der Waals surface area contributed by atoms with Gasteiger partial charge in [0.25, 0.3) is 11.4 Å². The van der Waals surface area contributed by atoms with Crippen LogP contribution in [-0.2, 0) is 4.79 Å². The molecule has 94 valence electrons. The highest BCUT2D eigenvalue weighted by Gasteiger charge is 2.17. The van der Waals surface area contributed by atoms with E-state index in [2.05, 4.69) is 0 Å². The number of nitro benzene ring substituents is 2. The number of carbonyl (C=O) groups is 1. The van der Waals surface area contributed by atoms with E-state index in [9.17, 15) is 25.0 Å². The van der Waals surface area contributed by atoms with Crippen molar-refractivity contribution in [3.63, 3.8) is 0 Å². The number of rotatable bonds is 5. The molecule has 18 heavy (non-hydrogen) atoms. The van der Waals surface area contributed by atoms with Gasteiger partial charge in [0.2, 0.25) is 0 Å². The molecule has 0 radical (unpaired) electrons. The summed E-state index contributed by atoms with van der Waals surface area (Å²) in [5.74, 6) is -0.178. The largest absolute Gasteiger partial charge is 0.295 e. The predicted molar refractivity (Wildman–Crippen MR) is 64.1 cm³/mol. The molecule has 0 bridgehead atoms. The number of non-ortho nitro benzene ring substituents is 1. The van der Waals surface area contributed by atoms with Crippen molar-refractivity contribution < 1.29 is 14.6 Å². The lowest BCUT2D eigenvalue weighted by Crippen LogP contribution is -1.95. The van der Waals surface area contributed by atoms with E-state index >= 15 is 0 Å². The first-order chi connectivity index (χ1) is 8.45. The molecule has 0 atom stereocenters. The van der Waals surface area contributed by atoms with Crippen molar-refractivity contribution >= 4 is 23.2 Å². The molecular formula is C11H10N2O5. The summed E-state index contributed by atoms with van der Waals surface area (Å²) in [6.45, 7) is 1.66. The van der Waals surface area contributed by atoms with Crippen LogP contribution < -0.4 is 0 Å². The second-order valence-corrected chi connectivity index (χ2v) is 3.41. The molecule has 0 aromatic heterocycles. The van der Waals surface area contributed by atoms with Crippen molar-refractivity contribution in [1.82, 2.24) is 0 Å². The maximum atomic E-state index is 11.1. The smallest absolute Gasteiger partial charge is 0.283 e. The average molecular weight is 250 g/mol. The number of nitro groups is 2. The standard InChI is InChI=1S/C11H10N2O5/c1-2-10(14)6-4-8-3-5-9(12(15)16)7-11(8)13(17)18/h3-7H,2H2,1H3/b6-4+. The van der Waals surface area contributed by atoms with E-state index in [0.29, 0.717) is 0 Å². The minimum Gasteiger partial charge on any atom is -0.295 e. The van der Waals surface area contributed by atoms with Gasteiger partial charge in [-0.1, -0.05) is 6.92 Å². The van der Waals surface area contributed by atoms with Gasteiger partial charge in [0.1, 0.15) is 0 Å². The summed E-state index contributed by atoms with van der Waals surface area (Å²) in [7, 11) is 0. The van der Waals surface area contributed by atoms with Gasteiger partial charge in [-0.3, -0.25) is 25.0 Å². The quantitative estimate of drug-likeness (QED) is 0.453. The Morgan fingerprint density at radius 2 is 1.94 bits per heavy atom. The maximum absolute atomic E-state index is 11.1. The Morgan fingerprint density at radius 3 is 2.44 bits per heavy atom. The molecular weight excluding hydrogens is 240 g/mol. The van der Waals surface area contributed by atoms with Gasteiger partial charge in [-0.15, -0.1) is 0 Å². The van der Waals surface area contributed by atoms with Gasteiger partial charge in [0.15, 0.2) is 5.78 Å². The SMILES string of the molecule is CCC(=O)/C=C/c1ccc([N+](=O)[O-])cc1[N+](=O)[O-]. The summed E-state index contributed by atoms with van der Waals surface area (Å²) in [6.07, 6.45) is 2.79. The van der Waals surface area contributed by atoms with E-state index in [4.69, 9.17) is 0 Å². The molecule has 0 spiro atoms. The molecule has 0 fully saturated rings. The van der Waals surface area contributed by atoms with Crippen LogP contribution in [0.25, 0.3) is 6.08 Å². The highest BCUT2D eigenvalue weighted by Crippen LogP contribution is 2.25. The van der Waals surface area contributed by atoms with E-state index < -0.39 is 15.5 Å². The summed E-state index contributed by atoms with van der Waals surface area (Å²) in [4.78, 5) is 30.9. The number of hydrogen-bond acceptors (Lipinski definition) is 5. The van der Waals surface area contributed by atoms with Gasteiger partial charge in [-0.05, 0) is 18.2 Å². The second-order valence-electron chi connectivity index (χ2n) is 3.41. The van der Waals surface area contributed by atoms with Crippen LogP contribution >= 0.6 is 0 Å². The minimum absolute atomic E-state index is 0.160. The van der Waals surface area contributed by atoms with Crippen molar-refractivity contribution in [2.24, 2.45) is 0 Å². The van der Waals surface area contributed by atoms with E-state index in [-0.39, 0.29) is 23.5 Å². The fraction of sp³-hybridized carbons (Fsp3) is 0.182. The Hall–Kier alpha value is -2.57. The van der Waals surface area contributed by atoms with Crippen LogP contribution in [0.2, 0.25) is 0 Å². The van der Waals surface area contributed by atoms with Crippen molar-refractivity contribution in [1.29, 1.82) is 0 Å². The monoisotopic (exact) mass is 250 g/mol. The van der Waals surface area contributed by atoms with Gasteiger partial charge < -0.3 is 0 Å². The number of carbonyl (C=O) groups excluding carboxylic acids is 1. The second kappa shape index (κ2) is 5.67. The van der Waals surface area contributed by atoms with Gasteiger partial charge in [0, 0.05) is 12.5 Å². The first-order valence-electron chi connectivity index (χ1n) is 5.09. The molecule has 0 unspecified atom stereocenters. The lowest BCUT2D eigenvalue weighted by molar-refractivity contribution is -0.394. The van der Waals surface area contributed by atoms with Gasteiger partial charge in [-0.25, -0.2) is 0 Å². The summed E-state index contributed by atoms with van der Waals surface area (Å²) in [6, 6.07) is 3.27. The Labute approximate surface area is 102 Å². The summed E-state index contributed by atoms with van der Waals surface area (Å²) < 4.78 is 0. The fourth-order valence-corrected chi connectivity index (χ4v) is 1.25. The molecule has 1 aromatic carbocycles. The van der Waals surface area contributed by atoms with Crippen molar-refractivity contribution in [2.45, 2.75) is 13.3 Å². The Balaban J connectivity index is 3.20. The Kier molecular flexibility index (Phi) is 4.25. The van der Waals surface area contributed by atoms with Gasteiger partial charge in [0.05, 0.1) is 21.5 Å². The Morgan fingerprint density at radius 1 is 1.28 bits per heavy atom. The normalized spacial score (nSPS) is 10.5. The third kappa shape index (κ3) is 3.21. The lowest BCUT2D eigenvalue weighted by Gasteiger charge is -1.97. The predicted octanol–water partition coefficient (Wildman–Crippen LogP) is 2.50. The van der Waals surface area contributed by atoms with Crippen LogP contribution in [0.5, 0.6) is 0 Å². The topological polar surface area (TPSA) is 103 Å². The van der Waals surface area contributed by atoms with Crippen LogP contribution in [0.1, 0.15) is 18.9 Å². The number of allylic oxidation sites excluding steroid dienone is 1. The van der Waals surface area contributed by atoms with Crippen molar-refractivity contribution in [3.8, 4) is 0 Å². The third-order valence-electron chi connectivity index (χ3n) is 2.22. The van der Waals surface area contributed by atoms with Crippen LogP contribution in [0, 0.1) is 20.2 Å². The van der Waals surface area contributed by atoms with E-state index in [1.165, 1.54) is 18.2 Å². The zero-order valence-electron chi connectivity index (χ0n) is 9.53. The highest BCUT2D eigenvalue weighted by atomic mass is 16.6. The van der Waals surface area contributed by atoms with Crippen LogP contribution in [0.3, 0.4) is 0 Å². The zero-order chi connectivity index (χ0) is 13.7. The van der Waals surface area contributed by atoms with Crippen molar-refractivity contribution in [2.75, 3.05) is 0 Å². The number of hydrogen-bond donors (Lipinski definition) is 0. The van der Waals surface area contributed by atoms with Crippen LogP contribution in [-0.4, -0.2) is 15.6 Å². The van der Waals surface area contributed by atoms with Gasteiger partial charge >= 0.3 is 0 Å². The van der Waals surface area contributed by atoms with Crippen molar-refractivity contribution in [3.05, 3.63) is 50.1 Å². The van der Waals surface area contributed by atoms with Crippen LogP contribution in [0.4, 0.5) is 11.4 Å². The highest BCUT2D eigenvalue weighted by molar-refractivity contribution is 5.93. The summed E-state index contributed by atoms with van der Waals surface area (Å²) in [5, 5.41) is 21.3. The zero-order valence-corrected chi connectivity index (χ0v) is 9.53. The minimum atomic E-state index is -0.719. The molecule has 1 aromatic rings.